The van der Waals surface area contributed by atoms with Crippen molar-refractivity contribution in [2.75, 3.05) is 47.4 Å². The van der Waals surface area contributed by atoms with Gasteiger partial charge < -0.3 is 23.8 Å². The summed E-state index contributed by atoms with van der Waals surface area (Å²) in [4.78, 5) is 14.7. The van der Waals surface area contributed by atoms with Crippen LogP contribution in [0.3, 0.4) is 0 Å². The Labute approximate surface area is 170 Å². The van der Waals surface area contributed by atoms with Crippen molar-refractivity contribution in [3.05, 3.63) is 46.5 Å². The molecule has 7 heteroatoms. The molecule has 2 aromatic carbocycles. The summed E-state index contributed by atoms with van der Waals surface area (Å²) < 4.78 is 21.3. The lowest BCUT2D eigenvalue weighted by atomic mass is 10.1. The predicted molar refractivity (Wildman–Crippen MR) is 112 cm³/mol. The second-order valence-electron chi connectivity index (χ2n) is 6.05. The Bertz CT molecular complexity index is 893. The highest BCUT2D eigenvalue weighted by molar-refractivity contribution is 6.47. The van der Waals surface area contributed by atoms with Crippen LogP contribution in [0.1, 0.15) is 15.9 Å². The molecule has 0 saturated carbocycles. The Kier molecular flexibility index (Phi) is 7.18. The number of rotatable bonds is 8. The van der Waals surface area contributed by atoms with Crippen molar-refractivity contribution in [2.24, 2.45) is 0 Å². The fraction of sp³-hybridized carbons (Fsp3) is 0.286. The van der Waals surface area contributed by atoms with Gasteiger partial charge in [-0.25, -0.2) is 0 Å². The van der Waals surface area contributed by atoms with Gasteiger partial charge in [-0.2, -0.15) is 0 Å². The molecule has 0 unspecified atom stereocenters. The zero-order valence-electron chi connectivity index (χ0n) is 16.8. The van der Waals surface area contributed by atoms with E-state index in [-0.39, 0.29) is 10.8 Å². The molecule has 0 atom stereocenters. The molecule has 0 aromatic heterocycles. The van der Waals surface area contributed by atoms with Crippen molar-refractivity contribution in [1.82, 2.24) is 0 Å². The van der Waals surface area contributed by atoms with E-state index >= 15 is 0 Å². The van der Waals surface area contributed by atoms with Gasteiger partial charge >= 0.3 is 0 Å². The molecule has 0 aliphatic rings. The molecule has 0 radical (unpaired) electrons. The molecular weight excluding hydrogens is 382 g/mol. The van der Waals surface area contributed by atoms with Gasteiger partial charge in [0.2, 0.25) is 5.78 Å². The number of carbonyl (C=O) groups excluding carboxylic acids is 1. The average Bonchev–Trinajstić information content (AvgIpc) is 2.71. The number of hydrogen-bond donors (Lipinski definition) is 0. The fourth-order valence-electron chi connectivity index (χ4n) is 2.69. The monoisotopic (exact) mass is 405 g/mol. The van der Waals surface area contributed by atoms with Crippen molar-refractivity contribution in [3.8, 4) is 23.0 Å². The highest BCUT2D eigenvalue weighted by atomic mass is 35.5. The van der Waals surface area contributed by atoms with Crippen molar-refractivity contribution in [2.45, 2.75) is 0 Å². The molecule has 0 spiro atoms. The maximum absolute atomic E-state index is 12.8. The topological polar surface area (TPSA) is 57.2 Å². The number of carbonyl (C=O) groups is 1. The smallest absolute Gasteiger partial charge is 0.204 e. The minimum absolute atomic E-state index is 0.0420. The zero-order valence-corrected chi connectivity index (χ0v) is 17.6. The van der Waals surface area contributed by atoms with E-state index < -0.39 is 0 Å². The third-order valence-electron chi connectivity index (χ3n) is 4.16. The van der Waals surface area contributed by atoms with Gasteiger partial charge in [-0.3, -0.25) is 4.79 Å². The minimum Gasteiger partial charge on any atom is -0.496 e. The summed E-state index contributed by atoms with van der Waals surface area (Å²) in [6.45, 7) is 0. The molecule has 0 amide bonds. The van der Waals surface area contributed by atoms with E-state index in [0.717, 1.165) is 5.69 Å². The number of nitrogens with zero attached hydrogens (tertiary/aromatic N) is 1. The lowest BCUT2D eigenvalue weighted by molar-refractivity contribution is 0.104. The van der Waals surface area contributed by atoms with E-state index in [9.17, 15) is 4.79 Å². The van der Waals surface area contributed by atoms with Gasteiger partial charge in [0.15, 0.2) is 11.5 Å². The molecule has 28 heavy (non-hydrogen) atoms. The molecule has 2 aromatic rings. The van der Waals surface area contributed by atoms with Crippen molar-refractivity contribution < 1.29 is 23.7 Å². The van der Waals surface area contributed by atoms with E-state index in [1.165, 1.54) is 21.3 Å². The number of ketones is 1. The number of benzene rings is 2. The first-order chi connectivity index (χ1) is 13.4. The van der Waals surface area contributed by atoms with Crippen molar-refractivity contribution in [3.63, 3.8) is 0 Å². The molecule has 6 nitrogen and oxygen atoms in total. The van der Waals surface area contributed by atoms with Crippen LogP contribution in [0.25, 0.3) is 6.08 Å². The number of anilines is 1. The Morgan fingerprint density at radius 3 is 1.96 bits per heavy atom. The first-order valence-corrected chi connectivity index (χ1v) is 8.81. The minimum atomic E-state index is -0.316. The summed E-state index contributed by atoms with van der Waals surface area (Å²) in [5, 5.41) is 0.0420. The number of hydrogen-bond acceptors (Lipinski definition) is 6. The maximum Gasteiger partial charge on any atom is 0.204 e. The van der Waals surface area contributed by atoms with Gasteiger partial charge in [0.1, 0.15) is 11.5 Å². The highest BCUT2D eigenvalue weighted by Gasteiger charge is 2.16. The Morgan fingerprint density at radius 1 is 0.857 bits per heavy atom. The normalized spacial score (nSPS) is 11.0. The molecule has 0 heterocycles. The van der Waals surface area contributed by atoms with Crippen LogP contribution in [0, 0.1) is 0 Å². The fourth-order valence-corrected chi connectivity index (χ4v) is 2.91. The number of allylic oxidation sites excluding steroid dienone is 1. The van der Waals surface area contributed by atoms with Gasteiger partial charge in [-0.05, 0) is 30.3 Å². The van der Waals surface area contributed by atoms with E-state index in [1.807, 2.05) is 19.0 Å². The summed E-state index contributed by atoms with van der Waals surface area (Å²) >= 11 is 6.34. The van der Waals surface area contributed by atoms with Gasteiger partial charge in [-0.1, -0.05) is 11.6 Å². The van der Waals surface area contributed by atoms with Crippen LogP contribution in [0.4, 0.5) is 5.69 Å². The first-order valence-electron chi connectivity index (χ1n) is 8.43. The SMILES string of the molecule is COc1cc(OC)c(OC)cc1/C=C(/Cl)C(=O)c1ccc(OC)c(N(C)C)c1. The Hall–Kier alpha value is -2.86. The third kappa shape index (κ3) is 4.51. The Morgan fingerprint density at radius 2 is 1.43 bits per heavy atom. The van der Waals surface area contributed by atoms with Crippen LogP contribution in [0.5, 0.6) is 23.0 Å². The van der Waals surface area contributed by atoms with Gasteiger partial charge in [0, 0.05) is 31.3 Å². The van der Waals surface area contributed by atoms with Crippen molar-refractivity contribution in [1.29, 1.82) is 0 Å². The Balaban J connectivity index is 2.45. The number of Topliss-reactive ketones (excluding diaryl/α,β-unsaturated/α-hetero) is 1. The van der Waals surface area contributed by atoms with Crippen LogP contribution in [0.15, 0.2) is 35.4 Å². The molecule has 2 rings (SSSR count). The summed E-state index contributed by atoms with van der Waals surface area (Å²) in [6, 6.07) is 8.53. The molecule has 0 aliphatic carbocycles. The molecule has 0 bridgehead atoms. The average molecular weight is 406 g/mol. The zero-order chi connectivity index (χ0) is 20.8. The van der Waals surface area contributed by atoms with E-state index in [0.29, 0.717) is 34.1 Å². The maximum atomic E-state index is 12.8. The van der Waals surface area contributed by atoms with Crippen LogP contribution >= 0.6 is 11.6 Å². The molecular formula is C21H24ClNO5. The molecule has 0 saturated heterocycles. The van der Waals surface area contributed by atoms with Gasteiger partial charge in [0.25, 0.3) is 0 Å². The largest absolute Gasteiger partial charge is 0.496 e. The summed E-state index contributed by atoms with van der Waals surface area (Å²) in [5.74, 6) is 1.88. The predicted octanol–water partition coefficient (Wildman–Crippen LogP) is 4.25. The first kappa shape index (κ1) is 21.4. The van der Waals surface area contributed by atoms with Gasteiger partial charge in [0.05, 0.1) is 39.2 Å². The van der Waals surface area contributed by atoms with Gasteiger partial charge in [-0.15, -0.1) is 0 Å². The number of methoxy groups -OCH3 is 4. The third-order valence-corrected chi connectivity index (χ3v) is 4.44. The van der Waals surface area contributed by atoms with Crippen molar-refractivity contribution >= 4 is 29.1 Å². The van der Waals surface area contributed by atoms with E-state index in [2.05, 4.69) is 0 Å². The number of ether oxygens (including phenoxy) is 4. The lowest BCUT2D eigenvalue weighted by Crippen LogP contribution is -2.11. The lowest BCUT2D eigenvalue weighted by Gasteiger charge is -2.17. The summed E-state index contributed by atoms with van der Waals surface area (Å²) in [7, 11) is 9.93. The standard InChI is InChI=1S/C21H24ClNO5/c1-23(2)16-10-13(7-8-17(16)25-3)21(24)15(22)9-14-11-19(27-5)20(28-6)12-18(14)26-4/h7-12H,1-6H3/b15-9+. The van der Waals surface area contributed by atoms with E-state index in [1.54, 1.807) is 43.5 Å². The molecule has 150 valence electrons. The molecule has 0 N–H and O–H groups in total. The van der Waals surface area contributed by atoms with Crippen LogP contribution < -0.4 is 23.8 Å². The second-order valence-corrected chi connectivity index (χ2v) is 6.46. The second kappa shape index (κ2) is 9.37. The van der Waals surface area contributed by atoms with Crippen LogP contribution in [-0.4, -0.2) is 48.3 Å². The molecule has 0 fully saturated rings. The highest BCUT2D eigenvalue weighted by Crippen LogP contribution is 2.36. The summed E-state index contributed by atoms with van der Waals surface area (Å²) in [5.41, 5.74) is 1.83. The van der Waals surface area contributed by atoms with Crippen LogP contribution in [-0.2, 0) is 0 Å². The van der Waals surface area contributed by atoms with E-state index in [4.69, 9.17) is 30.5 Å². The number of halogens is 1. The van der Waals surface area contributed by atoms with Crippen LogP contribution in [0.2, 0.25) is 0 Å². The molecule has 0 aliphatic heterocycles. The quantitative estimate of drug-likeness (QED) is 0.483. The summed E-state index contributed by atoms with van der Waals surface area (Å²) in [6.07, 6.45) is 1.55.